The Morgan fingerprint density at radius 2 is 1.60 bits per heavy atom. The number of hydrogen-bond acceptors (Lipinski definition) is 2. The number of hydrogen-bond donors (Lipinski definition) is 1. The minimum atomic E-state index is 0.252. The molecule has 0 spiro atoms. The molecular formula is C23H33NO. The lowest BCUT2D eigenvalue weighted by Crippen LogP contribution is -2.30. The fraction of sp³-hybridized carbons (Fsp3) is 0.565. The second-order valence-corrected chi connectivity index (χ2v) is 7.55. The van der Waals surface area contributed by atoms with Gasteiger partial charge in [0.1, 0.15) is 0 Å². The van der Waals surface area contributed by atoms with Gasteiger partial charge in [-0.1, -0.05) is 68.1 Å². The van der Waals surface area contributed by atoms with Gasteiger partial charge in [0.25, 0.3) is 0 Å². The summed E-state index contributed by atoms with van der Waals surface area (Å²) in [6.45, 7) is 4.16. The Labute approximate surface area is 152 Å². The normalized spacial score (nSPS) is 17.0. The van der Waals surface area contributed by atoms with Gasteiger partial charge in [-0.3, -0.25) is 0 Å². The van der Waals surface area contributed by atoms with Gasteiger partial charge < -0.3 is 10.0 Å². The minimum absolute atomic E-state index is 0.252. The van der Waals surface area contributed by atoms with E-state index < -0.39 is 0 Å². The molecule has 0 saturated carbocycles. The highest BCUT2D eigenvalue weighted by Crippen LogP contribution is 2.29. The van der Waals surface area contributed by atoms with Crippen LogP contribution in [0, 0.1) is 0 Å². The van der Waals surface area contributed by atoms with Gasteiger partial charge in [-0.2, -0.15) is 0 Å². The maximum absolute atomic E-state index is 9.91. The number of likely N-dealkylation sites (tertiary alicyclic amines) is 1. The SMILES string of the molecule is OCC(CCCCCCN1CCCCC1)c1cccc2ccccc12. The summed E-state index contributed by atoms with van der Waals surface area (Å²) >= 11 is 0. The van der Waals surface area contributed by atoms with Crippen molar-refractivity contribution in [1.82, 2.24) is 4.90 Å². The molecule has 2 aromatic carbocycles. The molecule has 1 aliphatic rings. The fourth-order valence-electron chi connectivity index (χ4n) is 4.21. The molecule has 2 nitrogen and oxygen atoms in total. The van der Waals surface area contributed by atoms with E-state index in [1.165, 1.54) is 80.9 Å². The number of rotatable bonds is 9. The first kappa shape index (κ1) is 18.4. The lowest BCUT2D eigenvalue weighted by Gasteiger charge is -2.26. The number of benzene rings is 2. The van der Waals surface area contributed by atoms with Gasteiger partial charge in [0.2, 0.25) is 0 Å². The van der Waals surface area contributed by atoms with Crippen LogP contribution < -0.4 is 0 Å². The van der Waals surface area contributed by atoms with Crippen molar-refractivity contribution in [2.24, 2.45) is 0 Å². The molecule has 136 valence electrons. The van der Waals surface area contributed by atoms with Crippen LogP contribution in [0.5, 0.6) is 0 Å². The summed E-state index contributed by atoms with van der Waals surface area (Å²) < 4.78 is 0. The van der Waals surface area contributed by atoms with Crippen molar-refractivity contribution < 1.29 is 5.11 Å². The van der Waals surface area contributed by atoms with Crippen LogP contribution >= 0.6 is 0 Å². The zero-order valence-corrected chi connectivity index (χ0v) is 15.5. The average Bonchev–Trinajstić information content (AvgIpc) is 2.68. The van der Waals surface area contributed by atoms with Crippen molar-refractivity contribution in [3.8, 4) is 0 Å². The predicted molar refractivity (Wildman–Crippen MR) is 107 cm³/mol. The molecular weight excluding hydrogens is 306 g/mol. The number of fused-ring (bicyclic) bond motifs is 1. The minimum Gasteiger partial charge on any atom is -0.396 e. The molecule has 0 aliphatic carbocycles. The molecule has 2 aromatic rings. The maximum atomic E-state index is 9.91. The molecule has 1 aliphatic heterocycles. The molecule has 25 heavy (non-hydrogen) atoms. The third kappa shape index (κ3) is 5.29. The van der Waals surface area contributed by atoms with Crippen LogP contribution in [0.4, 0.5) is 0 Å². The molecule has 2 heteroatoms. The lowest BCUT2D eigenvalue weighted by molar-refractivity contribution is 0.223. The number of nitrogens with zero attached hydrogens (tertiary/aromatic N) is 1. The van der Waals surface area contributed by atoms with E-state index in [-0.39, 0.29) is 12.5 Å². The van der Waals surface area contributed by atoms with Gasteiger partial charge in [-0.25, -0.2) is 0 Å². The summed E-state index contributed by atoms with van der Waals surface area (Å²) in [7, 11) is 0. The third-order valence-corrected chi connectivity index (χ3v) is 5.71. The number of aliphatic hydroxyl groups is 1. The summed E-state index contributed by atoms with van der Waals surface area (Å²) in [6, 6.07) is 15.0. The molecule has 1 atom stereocenters. The highest BCUT2D eigenvalue weighted by Gasteiger charge is 2.13. The number of aliphatic hydroxyl groups excluding tert-OH is 1. The van der Waals surface area contributed by atoms with E-state index in [9.17, 15) is 5.11 Å². The van der Waals surface area contributed by atoms with Gasteiger partial charge in [-0.05, 0) is 61.7 Å². The van der Waals surface area contributed by atoms with Crippen molar-refractivity contribution in [2.75, 3.05) is 26.2 Å². The standard InChI is InChI=1S/C23H33NO/c25-19-21(23-15-10-13-20-11-5-6-14-22(20)23)12-4-1-2-7-16-24-17-8-3-9-18-24/h5-6,10-11,13-15,21,25H,1-4,7-9,12,16-19H2. The third-order valence-electron chi connectivity index (χ3n) is 5.71. The van der Waals surface area contributed by atoms with Crippen molar-refractivity contribution in [1.29, 1.82) is 0 Å². The Morgan fingerprint density at radius 3 is 2.44 bits per heavy atom. The Bertz CT molecular complexity index is 628. The summed E-state index contributed by atoms with van der Waals surface area (Å²) in [4.78, 5) is 2.64. The van der Waals surface area contributed by atoms with Crippen LogP contribution in [0.1, 0.15) is 62.8 Å². The Balaban J connectivity index is 1.43. The lowest BCUT2D eigenvalue weighted by atomic mass is 9.90. The predicted octanol–water partition coefficient (Wildman–Crippen LogP) is 5.35. The summed E-state index contributed by atoms with van der Waals surface area (Å²) in [5, 5.41) is 12.5. The number of unbranched alkanes of at least 4 members (excludes halogenated alkanes) is 3. The van der Waals surface area contributed by atoms with E-state index in [0.717, 1.165) is 6.42 Å². The average molecular weight is 340 g/mol. The van der Waals surface area contributed by atoms with Gasteiger partial charge in [0.05, 0.1) is 0 Å². The van der Waals surface area contributed by atoms with Crippen molar-refractivity contribution >= 4 is 10.8 Å². The van der Waals surface area contributed by atoms with Crippen molar-refractivity contribution in [2.45, 2.75) is 57.3 Å². The van der Waals surface area contributed by atoms with Crippen LogP contribution in [0.25, 0.3) is 10.8 Å². The first-order valence-electron chi connectivity index (χ1n) is 10.2. The second-order valence-electron chi connectivity index (χ2n) is 7.55. The molecule has 0 radical (unpaired) electrons. The molecule has 1 N–H and O–H groups in total. The molecule has 0 amide bonds. The van der Waals surface area contributed by atoms with Crippen molar-refractivity contribution in [3.63, 3.8) is 0 Å². The summed E-state index contributed by atoms with van der Waals surface area (Å²) in [5.74, 6) is 0.271. The molecule has 1 unspecified atom stereocenters. The van der Waals surface area contributed by atoms with Gasteiger partial charge in [0.15, 0.2) is 0 Å². The van der Waals surface area contributed by atoms with Gasteiger partial charge in [0, 0.05) is 12.5 Å². The molecule has 1 saturated heterocycles. The highest BCUT2D eigenvalue weighted by molar-refractivity contribution is 5.86. The Hall–Kier alpha value is -1.38. The first-order chi connectivity index (χ1) is 12.4. The van der Waals surface area contributed by atoms with E-state index in [4.69, 9.17) is 0 Å². The smallest absolute Gasteiger partial charge is 0.0499 e. The van der Waals surface area contributed by atoms with E-state index >= 15 is 0 Å². The van der Waals surface area contributed by atoms with E-state index in [1.807, 2.05) is 0 Å². The van der Waals surface area contributed by atoms with Crippen molar-refractivity contribution in [3.05, 3.63) is 48.0 Å². The van der Waals surface area contributed by atoms with Crippen LogP contribution in [0.3, 0.4) is 0 Å². The second kappa shape index (κ2) is 9.94. The molecule has 1 fully saturated rings. The van der Waals surface area contributed by atoms with Crippen LogP contribution in [0.15, 0.2) is 42.5 Å². The van der Waals surface area contributed by atoms with Crippen LogP contribution in [-0.2, 0) is 0 Å². The largest absolute Gasteiger partial charge is 0.396 e. The topological polar surface area (TPSA) is 23.5 Å². The van der Waals surface area contributed by atoms with Gasteiger partial charge >= 0.3 is 0 Å². The Kier molecular flexibility index (Phi) is 7.32. The molecule has 0 aromatic heterocycles. The van der Waals surface area contributed by atoms with Crippen LogP contribution in [-0.4, -0.2) is 36.2 Å². The van der Waals surface area contributed by atoms with Crippen LogP contribution in [0.2, 0.25) is 0 Å². The zero-order chi connectivity index (χ0) is 17.3. The summed E-state index contributed by atoms with van der Waals surface area (Å²) in [6.07, 6.45) is 10.5. The Morgan fingerprint density at radius 1 is 0.840 bits per heavy atom. The zero-order valence-electron chi connectivity index (χ0n) is 15.5. The molecule has 0 bridgehead atoms. The monoisotopic (exact) mass is 339 g/mol. The maximum Gasteiger partial charge on any atom is 0.0499 e. The van der Waals surface area contributed by atoms with E-state index in [2.05, 4.69) is 47.4 Å². The highest BCUT2D eigenvalue weighted by atomic mass is 16.3. The summed E-state index contributed by atoms with van der Waals surface area (Å²) in [5.41, 5.74) is 1.31. The fourth-order valence-corrected chi connectivity index (χ4v) is 4.21. The number of piperidine rings is 1. The molecule has 3 rings (SSSR count). The van der Waals surface area contributed by atoms with Gasteiger partial charge in [-0.15, -0.1) is 0 Å². The molecule has 1 heterocycles. The first-order valence-corrected chi connectivity index (χ1v) is 10.2. The quantitative estimate of drug-likeness (QED) is 0.622. The van der Waals surface area contributed by atoms with E-state index in [0.29, 0.717) is 0 Å². The van der Waals surface area contributed by atoms with E-state index in [1.54, 1.807) is 0 Å².